The van der Waals surface area contributed by atoms with Gasteiger partial charge in [-0.3, -0.25) is 9.78 Å². The van der Waals surface area contributed by atoms with E-state index in [1.807, 2.05) is 38.1 Å². The predicted molar refractivity (Wildman–Crippen MR) is 125 cm³/mol. The SMILES string of the molecule is Cc1ccc(-c2c(CN)c(CC(C)C)nc(C)c2C(=O)OCc2nc(C(N)=O)cs2)cc1. The van der Waals surface area contributed by atoms with Crippen molar-refractivity contribution < 1.29 is 14.3 Å². The summed E-state index contributed by atoms with van der Waals surface area (Å²) in [4.78, 5) is 33.3. The normalized spacial score (nSPS) is 11.1. The topological polar surface area (TPSA) is 121 Å². The van der Waals surface area contributed by atoms with Crippen LogP contribution < -0.4 is 11.5 Å². The number of esters is 1. The zero-order chi connectivity index (χ0) is 23.4. The van der Waals surface area contributed by atoms with Gasteiger partial charge in [0, 0.05) is 23.2 Å². The van der Waals surface area contributed by atoms with Crippen LogP contribution in [0.15, 0.2) is 29.6 Å². The Hall–Kier alpha value is -3.10. The number of pyridine rings is 1. The van der Waals surface area contributed by atoms with Crippen LogP contribution in [-0.2, 0) is 24.3 Å². The summed E-state index contributed by atoms with van der Waals surface area (Å²) in [6.45, 7) is 8.27. The van der Waals surface area contributed by atoms with Crippen molar-refractivity contribution in [1.29, 1.82) is 0 Å². The molecule has 0 bridgehead atoms. The van der Waals surface area contributed by atoms with Crippen molar-refractivity contribution in [2.75, 3.05) is 0 Å². The number of amides is 1. The number of ether oxygens (including phenoxy) is 1. The second-order valence-corrected chi connectivity index (χ2v) is 9.05. The van der Waals surface area contributed by atoms with E-state index in [1.54, 1.807) is 5.38 Å². The molecule has 0 aliphatic rings. The molecule has 3 aromatic rings. The molecular formula is C24H28N4O3S. The zero-order valence-corrected chi connectivity index (χ0v) is 19.6. The van der Waals surface area contributed by atoms with E-state index >= 15 is 0 Å². The third kappa shape index (κ3) is 5.20. The Morgan fingerprint density at radius 2 is 1.81 bits per heavy atom. The van der Waals surface area contributed by atoms with Crippen molar-refractivity contribution in [1.82, 2.24) is 9.97 Å². The lowest BCUT2D eigenvalue weighted by molar-refractivity contribution is 0.0471. The predicted octanol–water partition coefficient (Wildman–Crippen LogP) is 3.94. The maximum atomic E-state index is 13.2. The van der Waals surface area contributed by atoms with Gasteiger partial charge in [0.05, 0.1) is 11.3 Å². The van der Waals surface area contributed by atoms with Crippen LogP contribution in [0.5, 0.6) is 0 Å². The number of hydrogen-bond donors (Lipinski definition) is 2. The van der Waals surface area contributed by atoms with Crippen LogP contribution in [0.4, 0.5) is 0 Å². The second kappa shape index (κ2) is 10.0. The van der Waals surface area contributed by atoms with Crippen molar-refractivity contribution in [3.8, 4) is 11.1 Å². The van der Waals surface area contributed by atoms with Gasteiger partial charge in [0.2, 0.25) is 0 Å². The number of primary amides is 1. The molecule has 7 nitrogen and oxygen atoms in total. The molecule has 0 spiro atoms. The molecule has 0 aliphatic carbocycles. The Bertz CT molecular complexity index is 1140. The quantitative estimate of drug-likeness (QED) is 0.499. The number of aryl methyl sites for hydroxylation is 2. The van der Waals surface area contributed by atoms with E-state index in [1.165, 1.54) is 11.3 Å². The van der Waals surface area contributed by atoms with E-state index in [-0.39, 0.29) is 18.8 Å². The van der Waals surface area contributed by atoms with E-state index in [0.717, 1.165) is 34.4 Å². The van der Waals surface area contributed by atoms with Gasteiger partial charge in [0.15, 0.2) is 0 Å². The lowest BCUT2D eigenvalue weighted by Crippen LogP contribution is -2.17. The van der Waals surface area contributed by atoms with E-state index in [0.29, 0.717) is 22.2 Å². The molecule has 0 aliphatic heterocycles. The van der Waals surface area contributed by atoms with E-state index in [9.17, 15) is 9.59 Å². The molecule has 2 heterocycles. The second-order valence-electron chi connectivity index (χ2n) is 8.11. The van der Waals surface area contributed by atoms with Crippen molar-refractivity contribution in [3.63, 3.8) is 0 Å². The molecule has 3 rings (SSSR count). The first-order valence-corrected chi connectivity index (χ1v) is 11.3. The summed E-state index contributed by atoms with van der Waals surface area (Å²) in [7, 11) is 0. The molecule has 1 amide bonds. The summed E-state index contributed by atoms with van der Waals surface area (Å²) in [5, 5.41) is 2.04. The van der Waals surface area contributed by atoms with Gasteiger partial charge in [-0.15, -0.1) is 11.3 Å². The lowest BCUT2D eigenvalue weighted by Gasteiger charge is -2.20. The van der Waals surface area contributed by atoms with Crippen LogP contribution in [0, 0.1) is 19.8 Å². The number of aromatic nitrogens is 2. The smallest absolute Gasteiger partial charge is 0.341 e. The molecule has 1 aromatic carbocycles. The zero-order valence-electron chi connectivity index (χ0n) is 18.8. The van der Waals surface area contributed by atoms with Gasteiger partial charge < -0.3 is 16.2 Å². The minimum atomic E-state index is -0.617. The lowest BCUT2D eigenvalue weighted by atomic mass is 9.90. The van der Waals surface area contributed by atoms with E-state index < -0.39 is 11.9 Å². The van der Waals surface area contributed by atoms with Gasteiger partial charge in [-0.1, -0.05) is 43.7 Å². The molecule has 0 fully saturated rings. The summed E-state index contributed by atoms with van der Waals surface area (Å²) in [5.41, 5.74) is 17.1. The maximum Gasteiger partial charge on any atom is 0.341 e. The van der Waals surface area contributed by atoms with Gasteiger partial charge in [-0.25, -0.2) is 9.78 Å². The highest BCUT2D eigenvalue weighted by Crippen LogP contribution is 2.33. The van der Waals surface area contributed by atoms with Gasteiger partial charge in [0.25, 0.3) is 5.91 Å². The summed E-state index contributed by atoms with van der Waals surface area (Å²) in [6.07, 6.45) is 0.760. The Morgan fingerprint density at radius 1 is 1.12 bits per heavy atom. The number of hydrogen-bond acceptors (Lipinski definition) is 7. The van der Waals surface area contributed by atoms with Crippen molar-refractivity contribution in [2.45, 2.75) is 47.3 Å². The first-order valence-electron chi connectivity index (χ1n) is 10.4. The number of nitrogens with zero attached hydrogens (tertiary/aromatic N) is 2. The van der Waals surface area contributed by atoms with Crippen LogP contribution in [0.2, 0.25) is 0 Å². The fraction of sp³-hybridized carbons (Fsp3) is 0.333. The third-order valence-corrected chi connectivity index (χ3v) is 5.87. The fourth-order valence-electron chi connectivity index (χ4n) is 3.56. The van der Waals surface area contributed by atoms with Crippen LogP contribution in [0.3, 0.4) is 0 Å². The molecule has 2 aromatic heterocycles. The highest BCUT2D eigenvalue weighted by molar-refractivity contribution is 7.09. The van der Waals surface area contributed by atoms with Crippen LogP contribution >= 0.6 is 11.3 Å². The average Bonchev–Trinajstić information content (AvgIpc) is 3.21. The van der Waals surface area contributed by atoms with Gasteiger partial charge in [-0.05, 0) is 37.3 Å². The van der Waals surface area contributed by atoms with Gasteiger partial charge >= 0.3 is 5.97 Å². The van der Waals surface area contributed by atoms with Gasteiger partial charge in [-0.2, -0.15) is 0 Å². The molecule has 0 atom stereocenters. The summed E-state index contributed by atoms with van der Waals surface area (Å²) in [5.74, 6) is -0.735. The minimum absolute atomic E-state index is 0.0603. The molecule has 168 valence electrons. The summed E-state index contributed by atoms with van der Waals surface area (Å²) in [6, 6.07) is 7.98. The Morgan fingerprint density at radius 3 is 2.38 bits per heavy atom. The molecular weight excluding hydrogens is 424 g/mol. The Labute approximate surface area is 191 Å². The molecule has 0 saturated carbocycles. The summed E-state index contributed by atoms with van der Waals surface area (Å²) >= 11 is 1.21. The number of thiazole rings is 1. The average molecular weight is 453 g/mol. The van der Waals surface area contributed by atoms with E-state index in [4.69, 9.17) is 21.2 Å². The number of nitrogens with two attached hydrogens (primary N) is 2. The molecule has 4 N–H and O–H groups in total. The fourth-order valence-corrected chi connectivity index (χ4v) is 4.25. The highest BCUT2D eigenvalue weighted by Gasteiger charge is 2.25. The molecule has 0 saturated heterocycles. The van der Waals surface area contributed by atoms with Crippen molar-refractivity contribution in [2.24, 2.45) is 17.4 Å². The van der Waals surface area contributed by atoms with Crippen LogP contribution in [-0.4, -0.2) is 21.8 Å². The Kier molecular flexibility index (Phi) is 7.37. The van der Waals surface area contributed by atoms with Crippen LogP contribution in [0.1, 0.15) is 62.2 Å². The Balaban J connectivity index is 2.05. The largest absolute Gasteiger partial charge is 0.455 e. The highest BCUT2D eigenvalue weighted by atomic mass is 32.1. The van der Waals surface area contributed by atoms with E-state index in [2.05, 4.69) is 18.8 Å². The van der Waals surface area contributed by atoms with Crippen molar-refractivity contribution >= 4 is 23.2 Å². The minimum Gasteiger partial charge on any atom is -0.455 e. The molecule has 0 radical (unpaired) electrons. The molecule has 0 unspecified atom stereocenters. The van der Waals surface area contributed by atoms with Crippen molar-refractivity contribution in [3.05, 3.63) is 68.4 Å². The first-order chi connectivity index (χ1) is 15.2. The number of benzene rings is 1. The monoisotopic (exact) mass is 452 g/mol. The summed E-state index contributed by atoms with van der Waals surface area (Å²) < 4.78 is 5.57. The third-order valence-electron chi connectivity index (χ3n) is 5.05. The number of carbonyl (C=O) groups is 2. The first kappa shape index (κ1) is 23.6. The number of carbonyl (C=O) groups excluding carboxylic acids is 2. The standard InChI is InChI=1S/C24H28N4O3S/c1-13(2)9-18-17(10-25)22(16-7-5-14(3)6-8-16)21(15(4)27-18)24(30)31-11-20-28-19(12-32-20)23(26)29/h5-8,12-13H,9-11,25H2,1-4H3,(H2,26,29). The van der Waals surface area contributed by atoms with Gasteiger partial charge in [0.1, 0.15) is 17.3 Å². The molecule has 8 heteroatoms. The maximum absolute atomic E-state index is 13.2. The van der Waals surface area contributed by atoms with Crippen LogP contribution in [0.25, 0.3) is 11.1 Å². The number of rotatable bonds is 8. The molecule has 32 heavy (non-hydrogen) atoms.